The standard InChI is InChI=1S/C10H11N3O3S/c11-8-2-1-6(3-9(8)13(15)16)12-5-7(17)4-10(12)14/h1-3,7,17H,4-5,11H2. The zero-order chi connectivity index (χ0) is 12.6. The number of nitrogen functional groups attached to an aromatic ring is 1. The van der Waals surface area contributed by atoms with E-state index in [1.54, 1.807) is 6.07 Å². The Morgan fingerprint density at radius 2 is 2.24 bits per heavy atom. The SMILES string of the molecule is Nc1ccc(N2CC(S)CC2=O)cc1[N+](=O)[O-]. The number of thiol groups is 1. The van der Waals surface area contributed by atoms with Crippen molar-refractivity contribution in [1.29, 1.82) is 0 Å². The van der Waals surface area contributed by atoms with E-state index in [0.29, 0.717) is 18.7 Å². The van der Waals surface area contributed by atoms with E-state index < -0.39 is 4.92 Å². The molecule has 6 nitrogen and oxygen atoms in total. The van der Waals surface area contributed by atoms with E-state index in [-0.39, 0.29) is 22.5 Å². The Hall–Kier alpha value is -1.76. The average molecular weight is 253 g/mol. The number of anilines is 2. The smallest absolute Gasteiger partial charge is 0.294 e. The normalized spacial score (nSPS) is 19.7. The Labute approximate surface area is 103 Å². The van der Waals surface area contributed by atoms with Gasteiger partial charge in [0, 0.05) is 24.3 Å². The van der Waals surface area contributed by atoms with Crippen LogP contribution in [0.5, 0.6) is 0 Å². The highest BCUT2D eigenvalue weighted by molar-refractivity contribution is 7.81. The Morgan fingerprint density at radius 1 is 1.53 bits per heavy atom. The summed E-state index contributed by atoms with van der Waals surface area (Å²) in [5.41, 5.74) is 5.89. The van der Waals surface area contributed by atoms with Gasteiger partial charge in [-0.25, -0.2) is 0 Å². The van der Waals surface area contributed by atoms with Crippen LogP contribution >= 0.6 is 12.6 Å². The first-order valence-electron chi connectivity index (χ1n) is 5.01. The minimum Gasteiger partial charge on any atom is -0.393 e. The number of nitrogens with zero attached hydrogens (tertiary/aromatic N) is 2. The van der Waals surface area contributed by atoms with Crippen molar-refractivity contribution in [2.45, 2.75) is 11.7 Å². The molecule has 1 unspecified atom stereocenters. The Bertz CT molecular complexity index is 492. The van der Waals surface area contributed by atoms with E-state index in [2.05, 4.69) is 12.6 Å². The predicted octanol–water partition coefficient (Wildman–Crippen LogP) is 1.21. The van der Waals surface area contributed by atoms with Crippen molar-refractivity contribution in [1.82, 2.24) is 0 Å². The Kier molecular flexibility index (Phi) is 2.93. The first kappa shape index (κ1) is 11.7. The second-order valence-corrected chi connectivity index (χ2v) is 4.59. The number of carbonyl (C=O) groups excluding carboxylic acids is 1. The van der Waals surface area contributed by atoms with Crippen molar-refractivity contribution in [3.63, 3.8) is 0 Å². The van der Waals surface area contributed by atoms with Gasteiger partial charge in [-0.15, -0.1) is 0 Å². The minimum absolute atomic E-state index is 0.0286. The summed E-state index contributed by atoms with van der Waals surface area (Å²) >= 11 is 4.23. The highest BCUT2D eigenvalue weighted by Crippen LogP contribution is 2.30. The van der Waals surface area contributed by atoms with Crippen LogP contribution in [-0.2, 0) is 4.79 Å². The highest BCUT2D eigenvalue weighted by atomic mass is 32.1. The maximum Gasteiger partial charge on any atom is 0.294 e. The van der Waals surface area contributed by atoms with Crippen LogP contribution in [0.1, 0.15) is 6.42 Å². The minimum atomic E-state index is -0.558. The van der Waals surface area contributed by atoms with Gasteiger partial charge < -0.3 is 10.6 Å². The predicted molar refractivity (Wildman–Crippen MR) is 67.3 cm³/mol. The molecule has 2 N–H and O–H groups in total. The second kappa shape index (κ2) is 4.25. The number of rotatable bonds is 2. The van der Waals surface area contributed by atoms with Gasteiger partial charge in [-0.1, -0.05) is 0 Å². The van der Waals surface area contributed by atoms with Crippen LogP contribution in [-0.4, -0.2) is 22.6 Å². The Morgan fingerprint density at radius 3 is 2.76 bits per heavy atom. The van der Waals surface area contributed by atoms with Gasteiger partial charge in [0.15, 0.2) is 0 Å². The van der Waals surface area contributed by atoms with E-state index in [4.69, 9.17) is 5.73 Å². The molecule has 1 atom stereocenters. The summed E-state index contributed by atoms with van der Waals surface area (Å²) in [7, 11) is 0. The van der Waals surface area contributed by atoms with Gasteiger partial charge in [-0.2, -0.15) is 12.6 Å². The Balaban J connectivity index is 2.37. The summed E-state index contributed by atoms with van der Waals surface area (Å²) in [5, 5.41) is 10.7. The number of nitro benzene ring substituents is 1. The fraction of sp³-hybridized carbons (Fsp3) is 0.300. The van der Waals surface area contributed by atoms with Crippen LogP contribution in [0.3, 0.4) is 0 Å². The lowest BCUT2D eigenvalue weighted by atomic mass is 10.2. The third-order valence-electron chi connectivity index (χ3n) is 2.63. The first-order valence-corrected chi connectivity index (χ1v) is 5.53. The molecule has 1 amide bonds. The van der Waals surface area contributed by atoms with Crippen LogP contribution in [0.4, 0.5) is 17.1 Å². The molecule has 1 aromatic carbocycles. The van der Waals surface area contributed by atoms with E-state index in [1.807, 2.05) is 0 Å². The van der Waals surface area contributed by atoms with Crippen molar-refractivity contribution in [3.05, 3.63) is 28.3 Å². The summed E-state index contributed by atoms with van der Waals surface area (Å²) in [5.74, 6) is -0.0796. The molecule has 1 aromatic rings. The van der Waals surface area contributed by atoms with Gasteiger partial charge in [0.05, 0.1) is 10.6 Å². The van der Waals surface area contributed by atoms with Gasteiger partial charge in [0.1, 0.15) is 5.69 Å². The topological polar surface area (TPSA) is 89.5 Å². The van der Waals surface area contributed by atoms with Crippen LogP contribution in [0.25, 0.3) is 0 Å². The van der Waals surface area contributed by atoms with Crippen LogP contribution in [0, 0.1) is 10.1 Å². The van der Waals surface area contributed by atoms with E-state index in [0.717, 1.165) is 0 Å². The molecule has 0 radical (unpaired) electrons. The van der Waals surface area contributed by atoms with Gasteiger partial charge in [0.2, 0.25) is 5.91 Å². The summed E-state index contributed by atoms with van der Waals surface area (Å²) in [4.78, 5) is 23.3. The molecule has 7 heteroatoms. The number of hydrogen-bond acceptors (Lipinski definition) is 5. The second-order valence-electron chi connectivity index (χ2n) is 3.86. The van der Waals surface area contributed by atoms with Gasteiger partial charge in [-0.3, -0.25) is 14.9 Å². The maximum atomic E-state index is 11.6. The van der Waals surface area contributed by atoms with E-state index >= 15 is 0 Å². The van der Waals surface area contributed by atoms with Crippen molar-refractivity contribution >= 4 is 35.6 Å². The van der Waals surface area contributed by atoms with Crippen LogP contribution in [0.15, 0.2) is 18.2 Å². The fourth-order valence-electron chi connectivity index (χ4n) is 1.80. The maximum absolute atomic E-state index is 11.6. The summed E-state index contributed by atoms with van der Waals surface area (Å²) in [6.45, 7) is 0.461. The third kappa shape index (κ3) is 2.19. The molecule has 17 heavy (non-hydrogen) atoms. The molecule has 0 aliphatic carbocycles. The summed E-state index contributed by atoms with van der Waals surface area (Å²) in [6, 6.07) is 4.36. The van der Waals surface area contributed by atoms with Crippen molar-refractivity contribution in [2.75, 3.05) is 17.2 Å². The van der Waals surface area contributed by atoms with Crippen molar-refractivity contribution < 1.29 is 9.72 Å². The number of carbonyl (C=O) groups is 1. The number of nitro groups is 1. The summed E-state index contributed by atoms with van der Waals surface area (Å²) < 4.78 is 0. The molecule has 0 bridgehead atoms. The number of nitrogens with two attached hydrogens (primary N) is 1. The lowest BCUT2D eigenvalue weighted by Gasteiger charge is -2.15. The van der Waals surface area contributed by atoms with Crippen molar-refractivity contribution in [2.24, 2.45) is 0 Å². The monoisotopic (exact) mass is 253 g/mol. The quantitative estimate of drug-likeness (QED) is 0.359. The fourth-order valence-corrected chi connectivity index (χ4v) is 2.12. The van der Waals surface area contributed by atoms with E-state index in [9.17, 15) is 14.9 Å². The first-order chi connectivity index (χ1) is 7.99. The molecule has 1 fully saturated rings. The molecule has 1 aliphatic rings. The van der Waals surface area contributed by atoms with Gasteiger partial charge in [-0.05, 0) is 12.1 Å². The highest BCUT2D eigenvalue weighted by Gasteiger charge is 2.29. The summed E-state index contributed by atoms with van der Waals surface area (Å²) in [6.07, 6.45) is 0.348. The molecule has 90 valence electrons. The molecular formula is C10H11N3O3S. The van der Waals surface area contributed by atoms with Gasteiger partial charge in [0.25, 0.3) is 5.69 Å². The van der Waals surface area contributed by atoms with E-state index in [1.165, 1.54) is 17.0 Å². The molecule has 2 rings (SSSR count). The van der Waals surface area contributed by atoms with Crippen LogP contribution in [0.2, 0.25) is 0 Å². The number of benzene rings is 1. The molecule has 1 aliphatic heterocycles. The molecular weight excluding hydrogens is 242 g/mol. The molecule has 1 saturated heterocycles. The molecule has 0 saturated carbocycles. The van der Waals surface area contributed by atoms with Crippen LogP contribution < -0.4 is 10.6 Å². The molecule has 0 spiro atoms. The molecule has 1 heterocycles. The average Bonchev–Trinajstić information content (AvgIpc) is 2.58. The zero-order valence-electron chi connectivity index (χ0n) is 8.87. The van der Waals surface area contributed by atoms with Gasteiger partial charge >= 0.3 is 0 Å². The zero-order valence-corrected chi connectivity index (χ0v) is 9.76. The molecule has 0 aromatic heterocycles. The largest absolute Gasteiger partial charge is 0.393 e. The number of hydrogen-bond donors (Lipinski definition) is 2. The van der Waals surface area contributed by atoms with Crippen molar-refractivity contribution in [3.8, 4) is 0 Å². The lowest BCUT2D eigenvalue weighted by Crippen LogP contribution is -2.24. The third-order valence-corrected chi connectivity index (χ3v) is 2.97. The number of amides is 1. The lowest BCUT2D eigenvalue weighted by molar-refractivity contribution is -0.383.